The highest BCUT2D eigenvalue weighted by atomic mass is 16.5. The highest BCUT2D eigenvalue weighted by Crippen LogP contribution is 2.09. The number of rotatable bonds is 5. The molecule has 1 aliphatic rings. The molecule has 0 aromatic carbocycles. The van der Waals surface area contributed by atoms with Crippen molar-refractivity contribution in [1.29, 1.82) is 0 Å². The number of hydrogen-bond acceptors (Lipinski definition) is 3. The summed E-state index contributed by atoms with van der Waals surface area (Å²) in [5.41, 5.74) is 0. The van der Waals surface area contributed by atoms with E-state index in [1.807, 2.05) is 6.92 Å². The molecule has 0 spiro atoms. The first-order chi connectivity index (χ1) is 7.57. The van der Waals surface area contributed by atoms with E-state index < -0.39 is 12.1 Å². The average molecular weight is 228 g/mol. The number of nitrogens with zero attached hydrogens (tertiary/aromatic N) is 1. The number of hydrogen-bond donors (Lipinski definition) is 1. The van der Waals surface area contributed by atoms with Crippen molar-refractivity contribution in [3.63, 3.8) is 0 Å². The third-order valence-electron chi connectivity index (χ3n) is 2.68. The third-order valence-corrected chi connectivity index (χ3v) is 2.68. The van der Waals surface area contributed by atoms with Crippen LogP contribution >= 0.6 is 0 Å². The van der Waals surface area contributed by atoms with Crippen molar-refractivity contribution in [2.45, 2.75) is 39.3 Å². The Morgan fingerprint density at radius 2 is 2.00 bits per heavy atom. The fourth-order valence-corrected chi connectivity index (χ4v) is 1.69. The first kappa shape index (κ1) is 13.0. The Bertz CT molecular complexity index is 268. The van der Waals surface area contributed by atoms with Crippen molar-refractivity contribution >= 4 is 11.8 Å². The summed E-state index contributed by atoms with van der Waals surface area (Å²) >= 11 is 0. The fraction of sp³-hybridized carbons (Fsp3) is 0.818. The normalized spacial score (nSPS) is 25.8. The molecular weight excluding hydrogens is 208 g/mol. The predicted molar refractivity (Wildman–Crippen MR) is 59.9 cm³/mol. The molecule has 0 radical (unpaired) electrons. The highest BCUT2D eigenvalue weighted by molar-refractivity contribution is 5.96. The van der Waals surface area contributed by atoms with Crippen molar-refractivity contribution in [1.82, 2.24) is 10.2 Å². The lowest BCUT2D eigenvalue weighted by Gasteiger charge is -2.35. The minimum Gasteiger partial charge on any atom is -0.380 e. The molecule has 0 aliphatic carbocycles. The molecule has 5 heteroatoms. The van der Waals surface area contributed by atoms with E-state index in [1.54, 1.807) is 18.7 Å². The lowest BCUT2D eigenvalue weighted by atomic mass is 10.1. The van der Waals surface area contributed by atoms with E-state index in [0.29, 0.717) is 19.8 Å². The predicted octanol–water partition coefficient (Wildman–Crippen LogP) is 0.148. The van der Waals surface area contributed by atoms with Gasteiger partial charge in [-0.05, 0) is 20.3 Å². The molecule has 1 N–H and O–H groups in total. The van der Waals surface area contributed by atoms with Crippen LogP contribution in [0.25, 0.3) is 0 Å². The standard InChI is InChI=1S/C11H20N2O3/c1-4-6-16-7-5-13-9(3)10(14)12-8(2)11(13)15/h8-9H,4-7H2,1-3H3,(H,12,14). The second-order valence-electron chi connectivity index (χ2n) is 4.05. The zero-order chi connectivity index (χ0) is 12.1. The van der Waals surface area contributed by atoms with Crippen molar-refractivity contribution in [2.75, 3.05) is 19.8 Å². The lowest BCUT2D eigenvalue weighted by Crippen LogP contribution is -2.61. The van der Waals surface area contributed by atoms with E-state index in [2.05, 4.69) is 5.32 Å². The largest absolute Gasteiger partial charge is 0.380 e. The van der Waals surface area contributed by atoms with Gasteiger partial charge in [0.25, 0.3) is 0 Å². The summed E-state index contributed by atoms with van der Waals surface area (Å²) in [6, 6.07) is -0.816. The van der Waals surface area contributed by atoms with Gasteiger partial charge >= 0.3 is 0 Å². The minimum absolute atomic E-state index is 0.0350. The molecule has 0 aromatic heterocycles. The molecule has 1 heterocycles. The second kappa shape index (κ2) is 5.84. The van der Waals surface area contributed by atoms with Gasteiger partial charge in [0.15, 0.2) is 0 Å². The van der Waals surface area contributed by atoms with Crippen LogP contribution in [0, 0.1) is 0 Å². The summed E-state index contributed by atoms with van der Waals surface area (Å²) in [7, 11) is 0. The van der Waals surface area contributed by atoms with Crippen LogP contribution in [0.4, 0.5) is 0 Å². The van der Waals surface area contributed by atoms with E-state index in [0.717, 1.165) is 6.42 Å². The Morgan fingerprint density at radius 3 is 2.62 bits per heavy atom. The van der Waals surface area contributed by atoms with E-state index in [-0.39, 0.29) is 11.8 Å². The smallest absolute Gasteiger partial charge is 0.245 e. The van der Waals surface area contributed by atoms with Crippen LogP contribution < -0.4 is 5.32 Å². The number of carbonyl (C=O) groups is 2. The number of carbonyl (C=O) groups excluding carboxylic acids is 2. The first-order valence-corrected chi connectivity index (χ1v) is 5.76. The summed E-state index contributed by atoms with van der Waals surface area (Å²) in [5.74, 6) is -0.130. The Labute approximate surface area is 96.1 Å². The van der Waals surface area contributed by atoms with Gasteiger partial charge < -0.3 is 15.0 Å². The first-order valence-electron chi connectivity index (χ1n) is 5.76. The molecule has 2 unspecified atom stereocenters. The third kappa shape index (κ3) is 2.95. The summed E-state index contributed by atoms with van der Waals surface area (Å²) in [6.45, 7) is 7.13. The molecule has 2 amide bonds. The van der Waals surface area contributed by atoms with Gasteiger partial charge in [-0.25, -0.2) is 0 Å². The van der Waals surface area contributed by atoms with Crippen LogP contribution in [0.15, 0.2) is 0 Å². The Kier molecular flexibility index (Phi) is 4.73. The maximum atomic E-state index is 11.8. The molecule has 0 aromatic rings. The van der Waals surface area contributed by atoms with E-state index >= 15 is 0 Å². The van der Waals surface area contributed by atoms with E-state index in [4.69, 9.17) is 4.74 Å². The molecule has 0 saturated carbocycles. The van der Waals surface area contributed by atoms with Crippen molar-refractivity contribution in [2.24, 2.45) is 0 Å². The molecule has 2 atom stereocenters. The summed E-state index contributed by atoms with van der Waals surface area (Å²) in [5, 5.41) is 2.64. The zero-order valence-electron chi connectivity index (χ0n) is 10.2. The van der Waals surface area contributed by atoms with Crippen LogP contribution in [-0.4, -0.2) is 48.6 Å². The topological polar surface area (TPSA) is 58.6 Å². The quantitative estimate of drug-likeness (QED) is 0.681. The minimum atomic E-state index is -0.421. The van der Waals surface area contributed by atoms with Gasteiger partial charge in [0, 0.05) is 13.2 Å². The van der Waals surface area contributed by atoms with Gasteiger partial charge in [-0.3, -0.25) is 9.59 Å². The van der Waals surface area contributed by atoms with Crippen LogP contribution in [0.5, 0.6) is 0 Å². The van der Waals surface area contributed by atoms with Crippen LogP contribution in [0.2, 0.25) is 0 Å². The number of amides is 2. The number of piperazine rings is 1. The van der Waals surface area contributed by atoms with Crippen LogP contribution in [0.1, 0.15) is 27.2 Å². The SMILES string of the molecule is CCCOCCN1C(=O)C(C)NC(=O)C1C. The second-order valence-corrected chi connectivity index (χ2v) is 4.05. The molecule has 1 aliphatic heterocycles. The molecule has 0 bridgehead atoms. The van der Waals surface area contributed by atoms with Gasteiger partial charge in [0.05, 0.1) is 6.61 Å². The average Bonchev–Trinajstić information content (AvgIpc) is 2.25. The van der Waals surface area contributed by atoms with E-state index in [9.17, 15) is 9.59 Å². The molecule has 5 nitrogen and oxygen atoms in total. The van der Waals surface area contributed by atoms with Crippen molar-refractivity contribution in [3.05, 3.63) is 0 Å². The fourth-order valence-electron chi connectivity index (χ4n) is 1.69. The van der Waals surface area contributed by atoms with Gasteiger partial charge in [-0.1, -0.05) is 6.92 Å². The van der Waals surface area contributed by atoms with Gasteiger partial charge in [-0.2, -0.15) is 0 Å². The summed E-state index contributed by atoms with van der Waals surface area (Å²) < 4.78 is 5.33. The summed E-state index contributed by atoms with van der Waals surface area (Å²) in [4.78, 5) is 24.9. The monoisotopic (exact) mass is 228 g/mol. The Balaban J connectivity index is 2.47. The van der Waals surface area contributed by atoms with Crippen molar-refractivity contribution < 1.29 is 14.3 Å². The molecule has 1 fully saturated rings. The van der Waals surface area contributed by atoms with Gasteiger partial charge in [-0.15, -0.1) is 0 Å². The molecule has 1 rings (SSSR count). The Morgan fingerprint density at radius 1 is 1.31 bits per heavy atom. The molecular formula is C11H20N2O3. The highest BCUT2D eigenvalue weighted by Gasteiger charge is 2.35. The zero-order valence-corrected chi connectivity index (χ0v) is 10.2. The van der Waals surface area contributed by atoms with Crippen LogP contribution in [0.3, 0.4) is 0 Å². The van der Waals surface area contributed by atoms with Crippen molar-refractivity contribution in [3.8, 4) is 0 Å². The maximum Gasteiger partial charge on any atom is 0.245 e. The van der Waals surface area contributed by atoms with Gasteiger partial charge in [0.2, 0.25) is 11.8 Å². The molecule has 92 valence electrons. The molecule has 1 saturated heterocycles. The maximum absolute atomic E-state index is 11.8. The van der Waals surface area contributed by atoms with E-state index in [1.165, 1.54) is 0 Å². The number of ether oxygens (including phenoxy) is 1. The Hall–Kier alpha value is -1.10. The number of nitrogens with one attached hydrogen (secondary N) is 1. The lowest BCUT2D eigenvalue weighted by molar-refractivity contribution is -0.148. The molecule has 16 heavy (non-hydrogen) atoms. The van der Waals surface area contributed by atoms with Crippen LogP contribution in [-0.2, 0) is 14.3 Å². The summed E-state index contributed by atoms with van der Waals surface area (Å²) in [6.07, 6.45) is 0.959. The van der Waals surface area contributed by atoms with Gasteiger partial charge in [0.1, 0.15) is 12.1 Å².